The van der Waals surface area contributed by atoms with Gasteiger partial charge in [0.25, 0.3) is 5.91 Å². The molecule has 21 heavy (non-hydrogen) atoms. The number of halogens is 1. The van der Waals surface area contributed by atoms with Gasteiger partial charge in [0.2, 0.25) is 0 Å². The third-order valence-corrected chi connectivity index (χ3v) is 4.08. The molecule has 2 aromatic carbocycles. The van der Waals surface area contributed by atoms with E-state index in [1.807, 2.05) is 37.3 Å². The summed E-state index contributed by atoms with van der Waals surface area (Å²) in [6.07, 6.45) is 1.73. The van der Waals surface area contributed by atoms with Crippen LogP contribution in [0, 0.1) is 12.7 Å². The van der Waals surface area contributed by atoms with E-state index in [0.29, 0.717) is 17.7 Å². The maximum absolute atomic E-state index is 14.0. The summed E-state index contributed by atoms with van der Waals surface area (Å²) in [5.74, 6) is -0.244. The van der Waals surface area contributed by atoms with Crippen molar-refractivity contribution in [3.63, 3.8) is 0 Å². The molecule has 0 aliphatic carbocycles. The zero-order valence-corrected chi connectivity index (χ0v) is 12.1. The first kappa shape index (κ1) is 13.8. The Labute approximate surface area is 124 Å². The molecule has 1 aliphatic rings. The van der Waals surface area contributed by atoms with E-state index in [2.05, 4.69) is 0 Å². The Kier molecular flexibility index (Phi) is 3.74. The quantitative estimate of drug-likeness (QED) is 0.812. The van der Waals surface area contributed by atoms with Crippen LogP contribution in [0.5, 0.6) is 0 Å². The van der Waals surface area contributed by atoms with E-state index < -0.39 is 0 Å². The number of benzene rings is 2. The first-order chi connectivity index (χ1) is 10.2. The summed E-state index contributed by atoms with van der Waals surface area (Å²) >= 11 is 0. The van der Waals surface area contributed by atoms with E-state index in [-0.39, 0.29) is 17.8 Å². The highest BCUT2D eigenvalue weighted by Gasteiger charge is 2.31. The Morgan fingerprint density at radius 1 is 1.14 bits per heavy atom. The van der Waals surface area contributed by atoms with Crippen molar-refractivity contribution in [3.8, 4) is 0 Å². The number of aryl methyl sites for hydroxylation is 1. The summed E-state index contributed by atoms with van der Waals surface area (Å²) in [4.78, 5) is 14.5. The van der Waals surface area contributed by atoms with Crippen LogP contribution in [0.1, 0.15) is 40.4 Å². The number of amides is 1. The monoisotopic (exact) mass is 283 g/mol. The molecule has 0 aromatic heterocycles. The van der Waals surface area contributed by atoms with Crippen LogP contribution in [-0.2, 0) is 0 Å². The van der Waals surface area contributed by atoms with Gasteiger partial charge in [-0.2, -0.15) is 0 Å². The van der Waals surface area contributed by atoms with Crippen molar-refractivity contribution in [2.24, 2.45) is 0 Å². The predicted octanol–water partition coefficient (Wildman–Crippen LogP) is 4.11. The van der Waals surface area contributed by atoms with Crippen LogP contribution < -0.4 is 0 Å². The summed E-state index contributed by atoms with van der Waals surface area (Å²) < 4.78 is 14.0. The van der Waals surface area contributed by atoms with Crippen molar-refractivity contribution in [1.29, 1.82) is 0 Å². The molecular formula is C18H18FNO. The molecule has 108 valence electrons. The number of likely N-dealkylation sites (tertiary alicyclic amines) is 1. The van der Waals surface area contributed by atoms with E-state index in [9.17, 15) is 9.18 Å². The number of hydrogen-bond acceptors (Lipinski definition) is 1. The number of hydrogen-bond donors (Lipinski definition) is 0. The highest BCUT2D eigenvalue weighted by Crippen LogP contribution is 2.34. The highest BCUT2D eigenvalue weighted by molar-refractivity contribution is 5.94. The summed E-state index contributed by atoms with van der Waals surface area (Å²) in [5, 5.41) is 0. The molecule has 1 heterocycles. The SMILES string of the molecule is Cc1ccc(C(=O)N2CCCC2c2ccccc2F)cc1. The van der Waals surface area contributed by atoms with Gasteiger partial charge < -0.3 is 4.90 Å². The Bertz CT molecular complexity index is 651. The first-order valence-corrected chi connectivity index (χ1v) is 7.29. The molecule has 3 rings (SSSR count). The van der Waals surface area contributed by atoms with Gasteiger partial charge in [0.15, 0.2) is 0 Å². The maximum Gasteiger partial charge on any atom is 0.254 e. The Hall–Kier alpha value is -2.16. The molecule has 0 N–H and O–H groups in total. The van der Waals surface area contributed by atoms with Gasteiger partial charge in [0.1, 0.15) is 5.82 Å². The van der Waals surface area contributed by atoms with Gasteiger partial charge in [-0.1, -0.05) is 35.9 Å². The molecule has 0 radical (unpaired) electrons. The van der Waals surface area contributed by atoms with E-state index in [1.54, 1.807) is 17.0 Å². The summed E-state index contributed by atoms with van der Waals surface area (Å²) in [7, 11) is 0. The Morgan fingerprint density at radius 3 is 2.57 bits per heavy atom. The van der Waals surface area contributed by atoms with Gasteiger partial charge in [-0.15, -0.1) is 0 Å². The summed E-state index contributed by atoms with van der Waals surface area (Å²) in [6.45, 7) is 2.68. The molecule has 2 nitrogen and oxygen atoms in total. The molecule has 1 fully saturated rings. The molecule has 3 heteroatoms. The van der Waals surface area contributed by atoms with Crippen LogP contribution in [0.15, 0.2) is 48.5 Å². The van der Waals surface area contributed by atoms with E-state index in [1.165, 1.54) is 6.07 Å². The lowest BCUT2D eigenvalue weighted by molar-refractivity contribution is 0.0733. The molecule has 0 saturated carbocycles. The minimum Gasteiger partial charge on any atom is -0.331 e. The van der Waals surface area contributed by atoms with E-state index in [4.69, 9.17) is 0 Å². The van der Waals surface area contributed by atoms with Crippen molar-refractivity contribution >= 4 is 5.91 Å². The van der Waals surface area contributed by atoms with Crippen molar-refractivity contribution in [2.75, 3.05) is 6.54 Å². The Morgan fingerprint density at radius 2 is 1.86 bits per heavy atom. The standard InChI is InChI=1S/C18H18FNO/c1-13-8-10-14(11-9-13)18(21)20-12-4-7-17(20)15-5-2-3-6-16(15)19/h2-3,5-6,8-11,17H,4,7,12H2,1H3. The zero-order chi connectivity index (χ0) is 14.8. The van der Waals surface area contributed by atoms with Crippen LogP contribution in [0.3, 0.4) is 0 Å². The van der Waals surface area contributed by atoms with E-state index in [0.717, 1.165) is 18.4 Å². The minimum atomic E-state index is -0.230. The fourth-order valence-electron chi connectivity index (χ4n) is 2.94. The topological polar surface area (TPSA) is 20.3 Å². The number of carbonyl (C=O) groups is 1. The molecular weight excluding hydrogens is 265 g/mol. The first-order valence-electron chi connectivity index (χ1n) is 7.29. The molecule has 0 spiro atoms. The maximum atomic E-state index is 14.0. The third-order valence-electron chi connectivity index (χ3n) is 4.08. The van der Waals surface area contributed by atoms with Gasteiger partial charge in [-0.05, 0) is 38.0 Å². The lowest BCUT2D eigenvalue weighted by Gasteiger charge is -2.25. The zero-order valence-electron chi connectivity index (χ0n) is 12.1. The molecule has 1 atom stereocenters. The number of carbonyl (C=O) groups excluding carboxylic acids is 1. The molecule has 1 unspecified atom stereocenters. The van der Waals surface area contributed by atoms with Crippen LogP contribution >= 0.6 is 0 Å². The summed E-state index contributed by atoms with van der Waals surface area (Å²) in [6, 6.07) is 14.1. The van der Waals surface area contributed by atoms with Gasteiger partial charge in [-0.25, -0.2) is 4.39 Å². The lowest BCUT2D eigenvalue weighted by atomic mass is 10.0. The highest BCUT2D eigenvalue weighted by atomic mass is 19.1. The van der Waals surface area contributed by atoms with Crippen LogP contribution in [-0.4, -0.2) is 17.4 Å². The fourth-order valence-corrected chi connectivity index (χ4v) is 2.94. The minimum absolute atomic E-state index is 0.0132. The fraction of sp³-hybridized carbons (Fsp3) is 0.278. The second-order valence-corrected chi connectivity index (χ2v) is 5.54. The number of rotatable bonds is 2. The van der Waals surface area contributed by atoms with Crippen LogP contribution in [0.25, 0.3) is 0 Å². The van der Waals surface area contributed by atoms with Gasteiger partial charge >= 0.3 is 0 Å². The molecule has 2 aromatic rings. The van der Waals surface area contributed by atoms with Crippen molar-refractivity contribution in [2.45, 2.75) is 25.8 Å². The molecule has 1 amide bonds. The lowest BCUT2D eigenvalue weighted by Crippen LogP contribution is -2.31. The van der Waals surface area contributed by atoms with Gasteiger partial charge in [0, 0.05) is 17.7 Å². The van der Waals surface area contributed by atoms with Crippen molar-refractivity contribution < 1.29 is 9.18 Å². The normalized spacial score (nSPS) is 18.0. The molecule has 1 aliphatic heterocycles. The Balaban J connectivity index is 1.89. The average Bonchev–Trinajstić information content (AvgIpc) is 2.97. The van der Waals surface area contributed by atoms with Crippen LogP contribution in [0.2, 0.25) is 0 Å². The molecule has 0 bridgehead atoms. The smallest absolute Gasteiger partial charge is 0.254 e. The number of nitrogens with zero attached hydrogens (tertiary/aromatic N) is 1. The van der Waals surface area contributed by atoms with Gasteiger partial charge in [0.05, 0.1) is 6.04 Å². The van der Waals surface area contributed by atoms with E-state index >= 15 is 0 Å². The predicted molar refractivity (Wildman–Crippen MR) is 80.6 cm³/mol. The third kappa shape index (κ3) is 2.68. The van der Waals surface area contributed by atoms with Crippen LogP contribution in [0.4, 0.5) is 4.39 Å². The summed E-state index contributed by atoms with van der Waals surface area (Å²) in [5.41, 5.74) is 2.41. The van der Waals surface area contributed by atoms with Gasteiger partial charge in [-0.3, -0.25) is 4.79 Å². The second kappa shape index (κ2) is 5.68. The molecule has 1 saturated heterocycles. The average molecular weight is 283 g/mol. The van der Waals surface area contributed by atoms with Crippen molar-refractivity contribution in [3.05, 3.63) is 71.0 Å². The second-order valence-electron chi connectivity index (χ2n) is 5.54. The van der Waals surface area contributed by atoms with Crippen molar-refractivity contribution in [1.82, 2.24) is 4.90 Å². The largest absolute Gasteiger partial charge is 0.331 e.